The number of benzene rings is 1. The van der Waals surface area contributed by atoms with Crippen molar-refractivity contribution in [1.82, 2.24) is 0 Å². The number of phenolic OH excluding ortho intramolecular Hbond substituents is 1. The Labute approximate surface area is 73.4 Å². The third kappa shape index (κ3) is 1.67. The highest BCUT2D eigenvalue weighted by Gasteiger charge is 2.01. The largest absolute Gasteiger partial charge is 0.507 e. The van der Waals surface area contributed by atoms with Gasteiger partial charge < -0.3 is 5.11 Å². The summed E-state index contributed by atoms with van der Waals surface area (Å²) < 4.78 is 0. The smallest absolute Gasteiger partial charge is 0.121 e. The molecule has 0 fully saturated rings. The van der Waals surface area contributed by atoms with Gasteiger partial charge in [0.05, 0.1) is 0 Å². The Hall–Kier alpha value is -1.24. The highest BCUT2D eigenvalue weighted by atomic mass is 16.3. The summed E-state index contributed by atoms with van der Waals surface area (Å²) in [7, 11) is 0. The quantitative estimate of drug-likeness (QED) is 0.663. The molecule has 0 saturated carbocycles. The van der Waals surface area contributed by atoms with Crippen LogP contribution in [0.3, 0.4) is 0 Å². The number of hydrogen-bond donors (Lipinski definition) is 1. The molecule has 64 valence electrons. The minimum absolute atomic E-state index is 0.405. The first-order valence-corrected chi connectivity index (χ1v) is 4.05. The van der Waals surface area contributed by atoms with Gasteiger partial charge >= 0.3 is 0 Å². The van der Waals surface area contributed by atoms with Gasteiger partial charge in [0.25, 0.3) is 0 Å². The molecule has 1 aromatic carbocycles. The van der Waals surface area contributed by atoms with Crippen LogP contribution in [0.5, 0.6) is 5.75 Å². The van der Waals surface area contributed by atoms with Gasteiger partial charge in [0.1, 0.15) is 5.75 Å². The van der Waals surface area contributed by atoms with Crippen LogP contribution in [0.1, 0.15) is 16.7 Å². The van der Waals surface area contributed by atoms with Crippen LogP contribution in [0.15, 0.2) is 24.8 Å². The molecular formula is C11H14O. The van der Waals surface area contributed by atoms with E-state index in [1.54, 1.807) is 0 Å². The number of rotatable bonds is 2. The van der Waals surface area contributed by atoms with Gasteiger partial charge in [-0.15, -0.1) is 6.58 Å². The van der Waals surface area contributed by atoms with Crippen LogP contribution in [0.4, 0.5) is 0 Å². The van der Waals surface area contributed by atoms with Crippen molar-refractivity contribution in [3.63, 3.8) is 0 Å². The molecule has 1 rings (SSSR count). The average Bonchev–Trinajstić information content (AvgIpc) is 2.01. The zero-order valence-corrected chi connectivity index (χ0v) is 7.59. The molecule has 0 saturated heterocycles. The lowest BCUT2D eigenvalue weighted by atomic mass is 10.0. The van der Waals surface area contributed by atoms with Crippen molar-refractivity contribution in [2.45, 2.75) is 20.3 Å². The summed E-state index contributed by atoms with van der Waals surface area (Å²) >= 11 is 0. The zero-order chi connectivity index (χ0) is 9.14. The van der Waals surface area contributed by atoms with E-state index >= 15 is 0 Å². The Bertz CT molecular complexity index is 277. The van der Waals surface area contributed by atoms with E-state index in [9.17, 15) is 5.11 Å². The zero-order valence-electron chi connectivity index (χ0n) is 7.59. The number of aryl methyl sites for hydroxylation is 2. The van der Waals surface area contributed by atoms with Gasteiger partial charge in [-0.2, -0.15) is 0 Å². The second kappa shape index (κ2) is 3.44. The lowest BCUT2D eigenvalue weighted by molar-refractivity contribution is 0.466. The summed E-state index contributed by atoms with van der Waals surface area (Å²) in [6.07, 6.45) is 2.73. The van der Waals surface area contributed by atoms with E-state index in [0.717, 1.165) is 17.5 Å². The fourth-order valence-electron chi connectivity index (χ4n) is 1.33. The van der Waals surface area contributed by atoms with Crippen LogP contribution in [-0.4, -0.2) is 5.11 Å². The van der Waals surface area contributed by atoms with E-state index in [4.69, 9.17) is 0 Å². The maximum atomic E-state index is 9.47. The molecule has 0 atom stereocenters. The van der Waals surface area contributed by atoms with Crippen molar-refractivity contribution in [1.29, 1.82) is 0 Å². The molecule has 1 N–H and O–H groups in total. The molecule has 1 heteroatoms. The van der Waals surface area contributed by atoms with E-state index in [1.165, 1.54) is 5.56 Å². The molecule has 0 bridgehead atoms. The normalized spacial score (nSPS) is 9.83. The molecule has 0 aromatic heterocycles. The van der Waals surface area contributed by atoms with Gasteiger partial charge in [-0.1, -0.05) is 18.2 Å². The number of allylic oxidation sites excluding steroid dienone is 1. The average molecular weight is 162 g/mol. The van der Waals surface area contributed by atoms with Gasteiger partial charge in [-0.05, 0) is 37.0 Å². The van der Waals surface area contributed by atoms with Crippen molar-refractivity contribution in [2.75, 3.05) is 0 Å². The molecule has 0 spiro atoms. The summed E-state index contributed by atoms with van der Waals surface area (Å²) in [5.41, 5.74) is 3.08. The standard InChI is InChI=1S/C11H14O/c1-4-5-10-6-8(2)11(12)9(3)7-10/h4,6-7,12H,1,5H2,2-3H3. The summed E-state index contributed by atoms with van der Waals surface area (Å²) in [4.78, 5) is 0. The second-order valence-electron chi connectivity index (χ2n) is 3.07. The topological polar surface area (TPSA) is 20.2 Å². The van der Waals surface area contributed by atoms with Gasteiger partial charge in [0.2, 0.25) is 0 Å². The summed E-state index contributed by atoms with van der Waals surface area (Å²) in [5, 5.41) is 9.47. The van der Waals surface area contributed by atoms with Crippen molar-refractivity contribution < 1.29 is 5.11 Å². The lowest BCUT2D eigenvalue weighted by Gasteiger charge is -2.05. The SMILES string of the molecule is C=CCc1cc(C)c(O)c(C)c1. The molecule has 0 aliphatic heterocycles. The molecule has 0 amide bonds. The van der Waals surface area contributed by atoms with Crippen LogP contribution >= 0.6 is 0 Å². The van der Waals surface area contributed by atoms with Gasteiger partial charge in [-0.25, -0.2) is 0 Å². The molecule has 0 radical (unpaired) electrons. The maximum absolute atomic E-state index is 9.47. The Kier molecular flexibility index (Phi) is 2.54. The van der Waals surface area contributed by atoms with E-state index in [1.807, 2.05) is 32.1 Å². The minimum Gasteiger partial charge on any atom is -0.507 e. The van der Waals surface area contributed by atoms with Crippen LogP contribution in [0.2, 0.25) is 0 Å². The van der Waals surface area contributed by atoms with Crippen LogP contribution < -0.4 is 0 Å². The highest BCUT2D eigenvalue weighted by Crippen LogP contribution is 2.22. The molecule has 0 unspecified atom stereocenters. The van der Waals surface area contributed by atoms with E-state index in [2.05, 4.69) is 6.58 Å². The number of aromatic hydroxyl groups is 1. The molecule has 12 heavy (non-hydrogen) atoms. The highest BCUT2D eigenvalue weighted by molar-refractivity contribution is 5.42. The third-order valence-corrected chi connectivity index (χ3v) is 1.93. The Morgan fingerprint density at radius 2 is 1.83 bits per heavy atom. The Morgan fingerprint density at radius 3 is 2.25 bits per heavy atom. The first-order chi connectivity index (χ1) is 5.65. The lowest BCUT2D eigenvalue weighted by Crippen LogP contribution is -1.86. The number of phenols is 1. The van der Waals surface area contributed by atoms with E-state index in [0.29, 0.717) is 5.75 Å². The maximum Gasteiger partial charge on any atom is 0.121 e. The van der Waals surface area contributed by atoms with Gasteiger partial charge in [0.15, 0.2) is 0 Å². The van der Waals surface area contributed by atoms with Gasteiger partial charge in [0, 0.05) is 0 Å². The van der Waals surface area contributed by atoms with Crippen molar-refractivity contribution >= 4 is 0 Å². The fourth-order valence-corrected chi connectivity index (χ4v) is 1.33. The Morgan fingerprint density at radius 1 is 1.33 bits per heavy atom. The predicted molar refractivity (Wildman–Crippen MR) is 51.5 cm³/mol. The molecule has 1 nitrogen and oxygen atoms in total. The van der Waals surface area contributed by atoms with Crippen molar-refractivity contribution in [2.24, 2.45) is 0 Å². The van der Waals surface area contributed by atoms with Crippen molar-refractivity contribution in [3.8, 4) is 5.75 Å². The molecule has 1 aromatic rings. The molecule has 0 aliphatic rings. The van der Waals surface area contributed by atoms with Gasteiger partial charge in [-0.3, -0.25) is 0 Å². The van der Waals surface area contributed by atoms with Crippen molar-refractivity contribution in [3.05, 3.63) is 41.5 Å². The minimum atomic E-state index is 0.405. The van der Waals surface area contributed by atoms with Crippen LogP contribution in [0.25, 0.3) is 0 Å². The first-order valence-electron chi connectivity index (χ1n) is 4.05. The molecule has 0 aliphatic carbocycles. The van der Waals surface area contributed by atoms with E-state index < -0.39 is 0 Å². The summed E-state index contributed by atoms with van der Waals surface area (Å²) in [6.45, 7) is 7.50. The predicted octanol–water partition coefficient (Wildman–Crippen LogP) is 2.74. The first kappa shape index (κ1) is 8.85. The molecule has 0 heterocycles. The second-order valence-corrected chi connectivity index (χ2v) is 3.07. The molecular weight excluding hydrogens is 148 g/mol. The van der Waals surface area contributed by atoms with E-state index in [-0.39, 0.29) is 0 Å². The third-order valence-electron chi connectivity index (χ3n) is 1.93. The number of hydrogen-bond acceptors (Lipinski definition) is 1. The monoisotopic (exact) mass is 162 g/mol. The Balaban J connectivity index is 3.11. The summed E-state index contributed by atoms with van der Waals surface area (Å²) in [5.74, 6) is 0.405. The van der Waals surface area contributed by atoms with Crippen LogP contribution in [0, 0.1) is 13.8 Å². The fraction of sp³-hybridized carbons (Fsp3) is 0.273. The summed E-state index contributed by atoms with van der Waals surface area (Å²) in [6, 6.07) is 3.98. The van der Waals surface area contributed by atoms with Crippen LogP contribution in [-0.2, 0) is 6.42 Å².